The number of hydrogen-bond donors (Lipinski definition) is 1. The van der Waals surface area contributed by atoms with Crippen LogP contribution in [0.4, 0.5) is 0 Å². The smallest absolute Gasteiger partial charge is 0.190 e. The first kappa shape index (κ1) is 36.3. The Morgan fingerprint density at radius 2 is 1.08 bits per heavy atom. The van der Waals surface area contributed by atoms with Crippen LogP contribution in [0.15, 0.2) is 175 Å². The van der Waals surface area contributed by atoms with Gasteiger partial charge >= 0.3 is 0 Å². The van der Waals surface area contributed by atoms with Crippen LogP contribution >= 0.6 is 0 Å². The van der Waals surface area contributed by atoms with Gasteiger partial charge in [0.1, 0.15) is 18.8 Å². The Bertz CT molecular complexity index is 2100. The number of sulfone groups is 1. The molecule has 5 nitrogen and oxygen atoms in total. The third-order valence-corrected chi connectivity index (χ3v) is 11.7. The molecule has 0 radical (unpaired) electrons. The highest BCUT2D eigenvalue weighted by Gasteiger charge is 2.43. The fourth-order valence-corrected chi connectivity index (χ4v) is 8.75. The highest BCUT2D eigenvalue weighted by molar-refractivity contribution is 7.90. The summed E-state index contributed by atoms with van der Waals surface area (Å²) in [5.74, 6) is -0.704. The van der Waals surface area contributed by atoms with Crippen molar-refractivity contribution < 1.29 is 22.9 Å². The van der Waals surface area contributed by atoms with E-state index in [0.717, 1.165) is 24.2 Å². The highest BCUT2D eigenvalue weighted by atomic mass is 32.2. The van der Waals surface area contributed by atoms with Gasteiger partial charge < -0.3 is 9.47 Å². The predicted molar refractivity (Wildman–Crippen MR) is 217 cm³/mol. The van der Waals surface area contributed by atoms with Crippen molar-refractivity contribution in [1.82, 2.24) is 0 Å². The van der Waals surface area contributed by atoms with Crippen LogP contribution in [0.1, 0.15) is 36.6 Å². The molecule has 0 saturated carbocycles. The molecule has 2 aliphatic heterocycles. The fraction of sp³-hybridized carbons (Fsp3) is 0.196. The summed E-state index contributed by atoms with van der Waals surface area (Å²) in [5.41, 5.74) is 9.98. The highest BCUT2D eigenvalue weighted by Crippen LogP contribution is 2.38. The molecule has 2 heterocycles. The van der Waals surface area contributed by atoms with E-state index < -0.39 is 21.8 Å². The van der Waals surface area contributed by atoms with E-state index in [-0.39, 0.29) is 12.0 Å². The molecule has 6 aromatic rings. The number of rotatable bonds is 7. The second-order valence-corrected chi connectivity index (χ2v) is 16.5. The second kappa shape index (κ2) is 15.5. The molecule has 0 unspecified atom stereocenters. The van der Waals surface area contributed by atoms with Crippen molar-refractivity contribution in [3.05, 3.63) is 187 Å². The zero-order valence-electron chi connectivity index (χ0n) is 30.6. The largest absolute Gasteiger partial charge is 0.349 e. The zero-order valence-corrected chi connectivity index (χ0v) is 31.4. The molecule has 2 aliphatic rings. The molecule has 1 N–H and O–H groups in total. The van der Waals surface area contributed by atoms with Gasteiger partial charge in [-0.3, -0.25) is 0 Å². The molecule has 2 atom stereocenters. The lowest BCUT2D eigenvalue weighted by Gasteiger charge is -2.44. The summed E-state index contributed by atoms with van der Waals surface area (Å²) in [5, 5.41) is 0. The van der Waals surface area contributed by atoms with Crippen LogP contribution < -0.4 is 26.8 Å². The fourth-order valence-electron chi connectivity index (χ4n) is 8.12. The summed E-state index contributed by atoms with van der Waals surface area (Å²) in [4.78, 5) is 3.88. The number of fused-ring (bicyclic) bond motifs is 1. The Hall–Kier alpha value is -5.08. The maximum atomic E-state index is 11.8. The van der Waals surface area contributed by atoms with Crippen LogP contribution in [-0.4, -0.2) is 45.5 Å². The third kappa shape index (κ3) is 7.70. The molecule has 53 heavy (non-hydrogen) atoms. The Morgan fingerprint density at radius 1 is 0.623 bits per heavy atom. The van der Waals surface area contributed by atoms with E-state index in [1.165, 1.54) is 39.2 Å². The average molecular weight is 720 g/mol. The van der Waals surface area contributed by atoms with Crippen LogP contribution in [-0.2, 0) is 25.7 Å². The first-order valence-electron chi connectivity index (χ1n) is 18.4. The van der Waals surface area contributed by atoms with Crippen molar-refractivity contribution in [2.75, 3.05) is 19.4 Å². The van der Waals surface area contributed by atoms with Gasteiger partial charge in [-0.05, 0) is 43.2 Å². The van der Waals surface area contributed by atoms with Crippen LogP contribution in [0.3, 0.4) is 0 Å². The number of ether oxygens (including phenoxy) is 2. The first-order chi connectivity index (χ1) is 25.7. The van der Waals surface area contributed by atoms with E-state index in [1.54, 1.807) is 12.1 Å². The van der Waals surface area contributed by atoms with Crippen molar-refractivity contribution in [1.29, 1.82) is 0 Å². The second-order valence-electron chi connectivity index (χ2n) is 14.5. The Kier molecular flexibility index (Phi) is 10.6. The topological polar surface area (TPSA) is 66.6 Å². The van der Waals surface area contributed by atoms with Gasteiger partial charge in [0.15, 0.2) is 21.3 Å². The monoisotopic (exact) mass is 719 g/mol. The van der Waals surface area contributed by atoms with Gasteiger partial charge in [0.05, 0.1) is 17.4 Å². The van der Waals surface area contributed by atoms with Gasteiger partial charge in [0.2, 0.25) is 0 Å². The average Bonchev–Trinajstić information content (AvgIpc) is 3.19. The van der Waals surface area contributed by atoms with Gasteiger partial charge in [0, 0.05) is 18.2 Å². The van der Waals surface area contributed by atoms with Crippen molar-refractivity contribution in [2.24, 2.45) is 5.92 Å². The predicted octanol–water partition coefficient (Wildman–Crippen LogP) is 4.72. The van der Waals surface area contributed by atoms with Crippen LogP contribution in [0, 0.1) is 5.92 Å². The number of hydrogen-bond acceptors (Lipinski definition) is 4. The molecule has 7 heteroatoms. The standard InChI is InChI=1S/C24H20B.C22H25NO4S/c1-5-13-21(14-6-1)25(22-15-7-2-8-16-22,23-17-9-3-10-18-23)24-19-11-4-12-20-24;1-22(2)26-14-19(20-18-7-5-4-6-15(18)12-13-23-20)21(27-22)16-8-10-17(11-9-16)28(3,24)25/h1-20H;4-11,19,21H,12-14H2,1-3H3/q-1;/p+1/t;19-,21-/m.1/s1. The van der Waals surface area contributed by atoms with E-state index in [0.29, 0.717) is 11.5 Å². The minimum Gasteiger partial charge on any atom is -0.349 e. The molecular weight excluding hydrogens is 673 g/mol. The molecule has 0 aliphatic carbocycles. The maximum Gasteiger partial charge on any atom is 0.190 e. The lowest BCUT2D eigenvalue weighted by atomic mass is 9.13. The van der Waals surface area contributed by atoms with E-state index in [2.05, 4.69) is 151 Å². The van der Waals surface area contributed by atoms with Crippen molar-refractivity contribution in [3.8, 4) is 0 Å². The Balaban J connectivity index is 0.000000165. The minimum absolute atomic E-state index is 0.00133. The third-order valence-electron chi connectivity index (χ3n) is 10.6. The van der Waals surface area contributed by atoms with Crippen LogP contribution in [0.25, 0.3) is 0 Å². The summed E-state index contributed by atoms with van der Waals surface area (Å²) < 4.78 is 35.9. The first-order valence-corrected chi connectivity index (χ1v) is 20.2. The van der Waals surface area contributed by atoms with Crippen LogP contribution in [0.5, 0.6) is 0 Å². The van der Waals surface area contributed by atoms with Gasteiger partial charge in [-0.1, -0.05) is 152 Å². The number of nitrogens with one attached hydrogen (secondary N) is 1. The van der Waals surface area contributed by atoms with E-state index in [9.17, 15) is 8.42 Å². The molecule has 268 valence electrons. The molecule has 1 fully saturated rings. The molecule has 0 amide bonds. The van der Waals surface area contributed by atoms with Gasteiger partial charge in [-0.15, -0.1) is 0 Å². The van der Waals surface area contributed by atoms with Gasteiger partial charge in [-0.2, -0.15) is 21.9 Å². The maximum absolute atomic E-state index is 11.8. The Labute approximate surface area is 314 Å². The lowest BCUT2D eigenvalue weighted by molar-refractivity contribution is -0.463. The molecule has 0 aromatic heterocycles. The zero-order chi connectivity index (χ0) is 36.9. The minimum atomic E-state index is -3.23. The molecule has 0 bridgehead atoms. The lowest BCUT2D eigenvalue weighted by Crippen LogP contribution is -2.78. The SMILES string of the molecule is CC1(C)OC[C@H](C2=[NH+]CCc3ccccc32)[C@@H](c2ccc(S(C)(=O)=O)cc2)O1.c1ccc([B-](c2ccccc2)(c2ccccc2)c2ccccc2)cc1. The van der Waals surface area contributed by atoms with Crippen molar-refractivity contribution in [3.63, 3.8) is 0 Å². The number of benzene rings is 6. The van der Waals surface area contributed by atoms with Gasteiger partial charge in [0.25, 0.3) is 0 Å². The van der Waals surface area contributed by atoms with Crippen molar-refractivity contribution in [2.45, 2.75) is 37.1 Å². The Morgan fingerprint density at radius 3 is 1.55 bits per heavy atom. The molecule has 0 spiro atoms. The molecule has 8 rings (SSSR count). The summed E-state index contributed by atoms with van der Waals surface area (Å²) in [6.07, 6.45) is 0.767. The van der Waals surface area contributed by atoms with E-state index in [1.807, 2.05) is 26.0 Å². The van der Waals surface area contributed by atoms with Gasteiger partial charge in [-0.25, -0.2) is 13.4 Å². The molecule has 6 aromatic carbocycles. The van der Waals surface area contributed by atoms with Crippen LogP contribution in [0.2, 0.25) is 0 Å². The van der Waals surface area contributed by atoms with Crippen molar-refractivity contribution >= 4 is 43.5 Å². The molecule has 1 saturated heterocycles. The summed E-state index contributed by atoms with van der Waals surface area (Å²) >= 11 is 0. The summed E-state index contributed by atoms with van der Waals surface area (Å²) in [6, 6.07) is 59.0. The van der Waals surface area contributed by atoms with E-state index >= 15 is 0 Å². The summed E-state index contributed by atoms with van der Waals surface area (Å²) in [6.45, 7) is 5.23. The molecular formula is C46H46BNO4S. The normalized spacial score (nSPS) is 18.1. The van der Waals surface area contributed by atoms with E-state index in [4.69, 9.17) is 9.47 Å². The quantitative estimate of drug-likeness (QED) is 0.243. The summed E-state index contributed by atoms with van der Waals surface area (Å²) in [7, 11) is -3.23.